The third-order valence-corrected chi connectivity index (χ3v) is 2.57. The Kier molecular flexibility index (Phi) is 2.64. The van der Waals surface area contributed by atoms with Gasteiger partial charge in [-0.25, -0.2) is 4.98 Å². The minimum Gasteiger partial charge on any atom is -0.481 e. The van der Waals surface area contributed by atoms with Gasteiger partial charge in [0.2, 0.25) is 0 Å². The second kappa shape index (κ2) is 3.96. The van der Waals surface area contributed by atoms with E-state index in [4.69, 9.17) is 9.52 Å². The molecule has 2 aromatic rings. The minimum absolute atomic E-state index is 0.0149. The van der Waals surface area contributed by atoms with Gasteiger partial charge in [-0.05, 0) is 23.6 Å². The molecule has 1 aromatic carbocycles. The first-order valence-electron chi connectivity index (χ1n) is 5.15. The van der Waals surface area contributed by atoms with Gasteiger partial charge in [0.25, 0.3) is 0 Å². The van der Waals surface area contributed by atoms with Crippen molar-refractivity contribution in [3.05, 3.63) is 29.7 Å². The van der Waals surface area contributed by atoms with Crippen molar-refractivity contribution in [1.29, 1.82) is 0 Å². The molecule has 1 heterocycles. The molecule has 0 aliphatic heterocycles. The number of aliphatic carboxylic acids is 1. The van der Waals surface area contributed by atoms with Crippen LogP contribution in [0.5, 0.6) is 0 Å². The first-order valence-corrected chi connectivity index (χ1v) is 5.15. The molecule has 0 radical (unpaired) electrons. The molecule has 0 amide bonds. The van der Waals surface area contributed by atoms with Gasteiger partial charge in [0.05, 0.1) is 6.42 Å². The molecule has 0 saturated carbocycles. The van der Waals surface area contributed by atoms with E-state index in [-0.39, 0.29) is 12.3 Å². The summed E-state index contributed by atoms with van der Waals surface area (Å²) in [5.74, 6) is -0.180. The quantitative estimate of drug-likeness (QED) is 0.862. The molecule has 0 bridgehead atoms. The zero-order chi connectivity index (χ0) is 11.7. The van der Waals surface area contributed by atoms with Gasteiger partial charge in [-0.2, -0.15) is 0 Å². The summed E-state index contributed by atoms with van der Waals surface area (Å²) in [6.45, 7) is 3.68. The van der Waals surface area contributed by atoms with E-state index < -0.39 is 5.97 Å². The molecule has 4 heteroatoms. The molecule has 84 valence electrons. The molecule has 0 fully saturated rings. The molecule has 1 aromatic heterocycles. The average Bonchev–Trinajstić information content (AvgIpc) is 2.55. The van der Waals surface area contributed by atoms with Crippen LogP contribution < -0.4 is 0 Å². The SMILES string of the molecule is Cc1nc2cc(C(C)CC(=O)O)ccc2o1. The van der Waals surface area contributed by atoms with E-state index in [1.807, 2.05) is 25.1 Å². The summed E-state index contributed by atoms with van der Waals surface area (Å²) in [6, 6.07) is 5.61. The smallest absolute Gasteiger partial charge is 0.303 e. The van der Waals surface area contributed by atoms with Gasteiger partial charge < -0.3 is 9.52 Å². The lowest BCUT2D eigenvalue weighted by molar-refractivity contribution is -0.137. The molecule has 16 heavy (non-hydrogen) atoms. The monoisotopic (exact) mass is 219 g/mol. The Bertz CT molecular complexity index is 530. The highest BCUT2D eigenvalue weighted by Crippen LogP contribution is 2.24. The van der Waals surface area contributed by atoms with Crippen LogP contribution in [0.1, 0.15) is 30.7 Å². The molecule has 2 rings (SSSR count). The number of rotatable bonds is 3. The lowest BCUT2D eigenvalue weighted by Crippen LogP contribution is -2.02. The van der Waals surface area contributed by atoms with Crippen molar-refractivity contribution >= 4 is 17.1 Å². The van der Waals surface area contributed by atoms with Crippen LogP contribution in [0.3, 0.4) is 0 Å². The summed E-state index contributed by atoms with van der Waals surface area (Å²) in [6.07, 6.45) is 0.127. The summed E-state index contributed by atoms with van der Waals surface area (Å²) in [5, 5.41) is 8.73. The summed E-state index contributed by atoms with van der Waals surface area (Å²) < 4.78 is 5.36. The van der Waals surface area contributed by atoms with Gasteiger partial charge in [0, 0.05) is 6.92 Å². The number of hydrogen-bond acceptors (Lipinski definition) is 3. The fraction of sp³-hybridized carbons (Fsp3) is 0.333. The Morgan fingerprint density at radius 1 is 1.56 bits per heavy atom. The van der Waals surface area contributed by atoms with Crippen LogP contribution in [-0.4, -0.2) is 16.1 Å². The van der Waals surface area contributed by atoms with Gasteiger partial charge in [-0.1, -0.05) is 13.0 Å². The fourth-order valence-electron chi connectivity index (χ4n) is 1.75. The Labute approximate surface area is 92.9 Å². The topological polar surface area (TPSA) is 63.3 Å². The molecule has 0 aliphatic carbocycles. The third-order valence-electron chi connectivity index (χ3n) is 2.57. The van der Waals surface area contributed by atoms with Crippen LogP contribution in [0.4, 0.5) is 0 Å². The van der Waals surface area contributed by atoms with Crippen molar-refractivity contribution in [2.45, 2.75) is 26.2 Å². The number of carbonyl (C=O) groups is 1. The van der Waals surface area contributed by atoms with Gasteiger partial charge in [-0.3, -0.25) is 4.79 Å². The largest absolute Gasteiger partial charge is 0.481 e. The maximum atomic E-state index is 10.6. The molecule has 0 spiro atoms. The summed E-state index contributed by atoms with van der Waals surface area (Å²) in [4.78, 5) is 14.8. The number of aryl methyl sites for hydroxylation is 1. The molecule has 1 N–H and O–H groups in total. The van der Waals surface area contributed by atoms with Crippen molar-refractivity contribution in [3.63, 3.8) is 0 Å². The van der Waals surface area contributed by atoms with Crippen molar-refractivity contribution < 1.29 is 14.3 Å². The van der Waals surface area contributed by atoms with E-state index in [1.165, 1.54) is 0 Å². The highest BCUT2D eigenvalue weighted by Gasteiger charge is 2.12. The normalized spacial score (nSPS) is 12.9. The fourth-order valence-corrected chi connectivity index (χ4v) is 1.75. The first kappa shape index (κ1) is 10.7. The Morgan fingerprint density at radius 2 is 2.31 bits per heavy atom. The van der Waals surface area contributed by atoms with E-state index in [0.29, 0.717) is 5.89 Å². The molecule has 0 saturated heterocycles. The van der Waals surface area contributed by atoms with Crippen LogP contribution in [0.2, 0.25) is 0 Å². The van der Waals surface area contributed by atoms with E-state index in [9.17, 15) is 4.79 Å². The zero-order valence-electron chi connectivity index (χ0n) is 9.23. The second-order valence-corrected chi connectivity index (χ2v) is 3.96. The number of carboxylic acid groups (broad SMARTS) is 1. The standard InChI is InChI=1S/C12H13NO3/c1-7(5-12(14)15)9-3-4-11-10(6-9)13-8(2)16-11/h3-4,6-7H,5H2,1-2H3,(H,14,15). The van der Waals surface area contributed by atoms with Crippen molar-refractivity contribution in [3.8, 4) is 0 Å². The van der Waals surface area contributed by atoms with Gasteiger partial charge >= 0.3 is 5.97 Å². The van der Waals surface area contributed by atoms with Crippen LogP contribution in [0.15, 0.2) is 22.6 Å². The van der Waals surface area contributed by atoms with Gasteiger partial charge in [0.15, 0.2) is 11.5 Å². The number of oxazole rings is 1. The molecule has 4 nitrogen and oxygen atoms in total. The van der Waals surface area contributed by atoms with Crippen molar-refractivity contribution in [2.75, 3.05) is 0 Å². The van der Waals surface area contributed by atoms with E-state index >= 15 is 0 Å². The lowest BCUT2D eigenvalue weighted by atomic mass is 9.98. The van der Waals surface area contributed by atoms with Crippen LogP contribution >= 0.6 is 0 Å². The maximum Gasteiger partial charge on any atom is 0.303 e. The predicted molar refractivity (Wildman–Crippen MR) is 59.4 cm³/mol. The van der Waals surface area contributed by atoms with Crippen LogP contribution in [0, 0.1) is 6.92 Å². The molecule has 1 atom stereocenters. The van der Waals surface area contributed by atoms with E-state index in [0.717, 1.165) is 16.7 Å². The average molecular weight is 219 g/mol. The number of aromatic nitrogens is 1. The minimum atomic E-state index is -0.788. The summed E-state index contributed by atoms with van der Waals surface area (Å²) >= 11 is 0. The van der Waals surface area contributed by atoms with Crippen molar-refractivity contribution in [2.24, 2.45) is 0 Å². The Morgan fingerprint density at radius 3 is 3.00 bits per heavy atom. The van der Waals surface area contributed by atoms with Crippen molar-refractivity contribution in [1.82, 2.24) is 4.98 Å². The third kappa shape index (κ3) is 2.05. The molecular weight excluding hydrogens is 206 g/mol. The number of hydrogen-bond donors (Lipinski definition) is 1. The molecule has 0 aliphatic rings. The lowest BCUT2D eigenvalue weighted by Gasteiger charge is -2.07. The molecule has 1 unspecified atom stereocenters. The number of nitrogens with zero attached hydrogens (tertiary/aromatic N) is 1. The number of carboxylic acids is 1. The number of fused-ring (bicyclic) bond motifs is 1. The summed E-state index contributed by atoms with van der Waals surface area (Å²) in [7, 11) is 0. The van der Waals surface area contributed by atoms with E-state index in [2.05, 4.69) is 4.98 Å². The van der Waals surface area contributed by atoms with Crippen LogP contribution in [0.25, 0.3) is 11.1 Å². The molecular formula is C12H13NO3. The Hall–Kier alpha value is -1.84. The van der Waals surface area contributed by atoms with Gasteiger partial charge in [0.1, 0.15) is 5.52 Å². The highest BCUT2D eigenvalue weighted by atomic mass is 16.4. The predicted octanol–water partition coefficient (Wildman–Crippen LogP) is 2.71. The first-order chi connectivity index (χ1) is 7.56. The number of benzene rings is 1. The van der Waals surface area contributed by atoms with E-state index in [1.54, 1.807) is 6.92 Å². The highest BCUT2D eigenvalue weighted by molar-refractivity contribution is 5.74. The second-order valence-electron chi connectivity index (χ2n) is 3.96. The zero-order valence-corrected chi connectivity index (χ0v) is 9.23. The Balaban J connectivity index is 2.34. The summed E-state index contributed by atoms with van der Waals surface area (Å²) in [5.41, 5.74) is 2.50. The van der Waals surface area contributed by atoms with Gasteiger partial charge in [-0.15, -0.1) is 0 Å². The maximum absolute atomic E-state index is 10.6. The van der Waals surface area contributed by atoms with Crippen LogP contribution in [-0.2, 0) is 4.79 Å².